The van der Waals surface area contributed by atoms with Crippen LogP contribution >= 0.6 is 0 Å². The van der Waals surface area contributed by atoms with Crippen molar-refractivity contribution in [3.8, 4) is 0 Å². The fourth-order valence-corrected chi connectivity index (χ4v) is 4.50. The molecule has 0 saturated carbocycles. The second-order valence-electron chi connectivity index (χ2n) is 10.3. The van der Waals surface area contributed by atoms with Crippen LogP contribution in [-0.4, -0.2) is 53.2 Å². The zero-order valence-corrected chi connectivity index (χ0v) is 20.7. The van der Waals surface area contributed by atoms with Crippen LogP contribution in [0.4, 0.5) is 0 Å². The third-order valence-corrected chi connectivity index (χ3v) is 6.12. The maximum absolute atomic E-state index is 13.9. The number of esters is 1. The highest BCUT2D eigenvalue weighted by Gasteiger charge is 2.43. The van der Waals surface area contributed by atoms with Gasteiger partial charge in [0.25, 0.3) is 0 Å². The Morgan fingerprint density at radius 2 is 1.65 bits per heavy atom. The Morgan fingerprint density at radius 3 is 2.15 bits per heavy atom. The van der Waals surface area contributed by atoms with E-state index in [4.69, 9.17) is 16.2 Å². The molecule has 2 aromatic carbocycles. The number of hydrogen-bond donors (Lipinski definition) is 3. The highest BCUT2D eigenvalue weighted by molar-refractivity contribution is 5.88. The molecule has 7 nitrogen and oxygen atoms in total. The Morgan fingerprint density at radius 1 is 1.12 bits per heavy atom. The van der Waals surface area contributed by atoms with Crippen molar-refractivity contribution in [1.29, 1.82) is 0 Å². The molecule has 34 heavy (non-hydrogen) atoms. The molecule has 0 bridgehead atoms. The van der Waals surface area contributed by atoms with Crippen LogP contribution in [0.5, 0.6) is 0 Å². The molecule has 0 aromatic heterocycles. The average Bonchev–Trinajstić information content (AvgIpc) is 2.88. The zero-order chi connectivity index (χ0) is 24.9. The van der Waals surface area contributed by atoms with Gasteiger partial charge in [-0.2, -0.15) is 0 Å². The van der Waals surface area contributed by atoms with Crippen LogP contribution in [0, 0.1) is 0 Å². The van der Waals surface area contributed by atoms with E-state index in [1.807, 2.05) is 41.3 Å². The Kier molecular flexibility index (Phi) is 8.13. The van der Waals surface area contributed by atoms with E-state index in [-0.39, 0.29) is 18.2 Å². The number of ether oxygens (including phenoxy) is 1. The van der Waals surface area contributed by atoms with Gasteiger partial charge in [-0.3, -0.25) is 14.9 Å². The molecular formula is C27H38N4O3. The van der Waals surface area contributed by atoms with Crippen LogP contribution in [0.15, 0.2) is 60.7 Å². The SMILES string of the molecule is CC(C)(C)OC(=O)C(N)C[C@]1(C)N[C@H](N)CCN(CC(c2ccccc2)c2ccccc2)C1=O. The first-order valence-electron chi connectivity index (χ1n) is 11.9. The van der Waals surface area contributed by atoms with Crippen molar-refractivity contribution in [2.45, 2.75) is 69.8 Å². The van der Waals surface area contributed by atoms with Crippen LogP contribution in [0.1, 0.15) is 57.6 Å². The van der Waals surface area contributed by atoms with E-state index < -0.39 is 29.3 Å². The van der Waals surface area contributed by atoms with Gasteiger partial charge in [0.1, 0.15) is 11.6 Å². The largest absolute Gasteiger partial charge is 0.459 e. The van der Waals surface area contributed by atoms with E-state index in [1.54, 1.807) is 27.7 Å². The topological polar surface area (TPSA) is 111 Å². The van der Waals surface area contributed by atoms with Gasteiger partial charge in [-0.15, -0.1) is 0 Å². The van der Waals surface area contributed by atoms with Gasteiger partial charge in [0, 0.05) is 25.4 Å². The first-order valence-corrected chi connectivity index (χ1v) is 11.9. The number of nitrogens with two attached hydrogens (primary N) is 2. The molecule has 1 fully saturated rings. The smallest absolute Gasteiger partial charge is 0.323 e. The highest BCUT2D eigenvalue weighted by Crippen LogP contribution is 2.29. The molecule has 1 unspecified atom stereocenters. The van der Waals surface area contributed by atoms with Gasteiger partial charge in [0.05, 0.1) is 11.7 Å². The van der Waals surface area contributed by atoms with E-state index in [2.05, 4.69) is 29.6 Å². The Labute approximate surface area is 202 Å². The van der Waals surface area contributed by atoms with Crippen LogP contribution in [0.2, 0.25) is 0 Å². The number of nitrogens with zero attached hydrogens (tertiary/aromatic N) is 1. The molecule has 1 heterocycles. The van der Waals surface area contributed by atoms with E-state index in [0.29, 0.717) is 19.5 Å². The first-order chi connectivity index (χ1) is 16.0. The van der Waals surface area contributed by atoms with Gasteiger partial charge >= 0.3 is 5.97 Å². The fraction of sp³-hybridized carbons (Fsp3) is 0.481. The monoisotopic (exact) mass is 466 g/mol. The van der Waals surface area contributed by atoms with Crippen LogP contribution in [-0.2, 0) is 14.3 Å². The maximum Gasteiger partial charge on any atom is 0.323 e. The van der Waals surface area contributed by atoms with Crippen LogP contribution in [0.3, 0.4) is 0 Å². The second-order valence-corrected chi connectivity index (χ2v) is 10.3. The van der Waals surface area contributed by atoms with Crippen molar-refractivity contribution < 1.29 is 14.3 Å². The van der Waals surface area contributed by atoms with Crippen molar-refractivity contribution in [2.24, 2.45) is 11.5 Å². The summed E-state index contributed by atoms with van der Waals surface area (Å²) in [6, 6.07) is 19.4. The first kappa shape index (κ1) is 25.9. The Hall–Kier alpha value is -2.74. The molecule has 0 aliphatic carbocycles. The van der Waals surface area contributed by atoms with Crippen molar-refractivity contribution in [3.05, 3.63) is 71.8 Å². The third kappa shape index (κ3) is 6.65. The minimum absolute atomic E-state index is 0.00412. The predicted molar refractivity (Wildman–Crippen MR) is 134 cm³/mol. The lowest BCUT2D eigenvalue weighted by molar-refractivity contribution is -0.157. The molecule has 5 N–H and O–H groups in total. The summed E-state index contributed by atoms with van der Waals surface area (Å²) >= 11 is 0. The number of nitrogens with one attached hydrogen (secondary N) is 1. The molecule has 0 spiro atoms. The van der Waals surface area contributed by atoms with Crippen molar-refractivity contribution in [1.82, 2.24) is 10.2 Å². The zero-order valence-electron chi connectivity index (χ0n) is 20.7. The molecule has 1 aliphatic rings. The van der Waals surface area contributed by atoms with Gasteiger partial charge in [-0.1, -0.05) is 60.7 Å². The van der Waals surface area contributed by atoms with E-state index in [9.17, 15) is 9.59 Å². The average molecular weight is 467 g/mol. The summed E-state index contributed by atoms with van der Waals surface area (Å²) in [4.78, 5) is 28.3. The Bertz CT molecular complexity index is 921. The minimum atomic E-state index is -1.09. The summed E-state index contributed by atoms with van der Waals surface area (Å²) in [7, 11) is 0. The lowest BCUT2D eigenvalue weighted by Crippen LogP contribution is -2.61. The summed E-state index contributed by atoms with van der Waals surface area (Å²) < 4.78 is 5.44. The van der Waals surface area contributed by atoms with Gasteiger partial charge < -0.3 is 21.1 Å². The molecule has 3 rings (SSSR count). The standard InChI is InChI=1S/C27H38N4O3/c1-26(2,3)34-24(32)22(28)17-27(4)25(33)31(16-15-23(29)30-27)18-21(19-11-7-5-8-12-19)20-13-9-6-10-14-20/h5-14,21-23,30H,15-18,28-29H2,1-4H3/t22?,23-,27-/m0/s1. The van der Waals surface area contributed by atoms with Gasteiger partial charge in [-0.25, -0.2) is 0 Å². The number of rotatable bonds is 7. The normalized spacial score (nSPS) is 22.4. The number of carbonyl (C=O) groups is 2. The molecule has 1 aliphatic heterocycles. The second kappa shape index (κ2) is 10.7. The molecule has 1 saturated heterocycles. The van der Waals surface area contributed by atoms with Crippen LogP contribution in [0.25, 0.3) is 0 Å². The number of hydrogen-bond acceptors (Lipinski definition) is 6. The Balaban J connectivity index is 1.86. The van der Waals surface area contributed by atoms with Gasteiger partial charge in [0.2, 0.25) is 5.91 Å². The van der Waals surface area contributed by atoms with Crippen molar-refractivity contribution in [3.63, 3.8) is 0 Å². The lowest BCUT2D eigenvalue weighted by atomic mass is 9.88. The lowest BCUT2D eigenvalue weighted by Gasteiger charge is -2.36. The minimum Gasteiger partial charge on any atom is -0.459 e. The molecule has 1 amide bonds. The summed E-state index contributed by atoms with van der Waals surface area (Å²) in [6.07, 6.45) is 0.294. The fourth-order valence-electron chi connectivity index (χ4n) is 4.50. The highest BCUT2D eigenvalue weighted by atomic mass is 16.6. The molecule has 0 radical (unpaired) electrons. The molecule has 2 aromatic rings. The van der Waals surface area contributed by atoms with Gasteiger partial charge in [-0.05, 0) is 45.2 Å². The van der Waals surface area contributed by atoms with E-state index in [1.165, 1.54) is 0 Å². The summed E-state index contributed by atoms with van der Waals surface area (Å²) in [5.74, 6) is -0.639. The number of benzene rings is 2. The number of amides is 1. The molecule has 184 valence electrons. The third-order valence-electron chi connectivity index (χ3n) is 6.12. The van der Waals surface area contributed by atoms with Crippen LogP contribution < -0.4 is 16.8 Å². The predicted octanol–water partition coefficient (Wildman–Crippen LogP) is 2.74. The summed E-state index contributed by atoms with van der Waals surface area (Å²) in [6.45, 7) is 8.16. The molecular weight excluding hydrogens is 428 g/mol. The maximum atomic E-state index is 13.9. The molecule has 3 atom stereocenters. The van der Waals surface area contributed by atoms with Crippen molar-refractivity contribution >= 4 is 11.9 Å². The molecule has 7 heteroatoms. The van der Waals surface area contributed by atoms with E-state index >= 15 is 0 Å². The van der Waals surface area contributed by atoms with Crippen molar-refractivity contribution in [2.75, 3.05) is 13.1 Å². The number of carbonyl (C=O) groups excluding carboxylic acids is 2. The quantitative estimate of drug-likeness (QED) is 0.541. The summed E-state index contributed by atoms with van der Waals surface area (Å²) in [5.41, 5.74) is 13.0. The van der Waals surface area contributed by atoms with Gasteiger partial charge in [0.15, 0.2) is 0 Å². The van der Waals surface area contributed by atoms with E-state index in [0.717, 1.165) is 11.1 Å². The summed E-state index contributed by atoms with van der Waals surface area (Å²) in [5, 5.41) is 3.24.